The van der Waals surface area contributed by atoms with Gasteiger partial charge in [-0.1, -0.05) is 41.6 Å². The SMILES string of the molecule is C=CCn1c(COc2ccccc2Cl)nnc1SCC(=O)OC. The van der Waals surface area contributed by atoms with E-state index >= 15 is 0 Å². The lowest BCUT2D eigenvalue weighted by atomic mass is 10.3. The number of methoxy groups -OCH3 is 1. The molecule has 1 heterocycles. The maximum absolute atomic E-state index is 11.2. The summed E-state index contributed by atoms with van der Waals surface area (Å²) < 4.78 is 12.1. The topological polar surface area (TPSA) is 66.2 Å². The van der Waals surface area contributed by atoms with Crippen molar-refractivity contribution in [2.75, 3.05) is 12.9 Å². The summed E-state index contributed by atoms with van der Waals surface area (Å²) in [6.45, 7) is 4.45. The van der Waals surface area contributed by atoms with Crippen molar-refractivity contribution in [3.8, 4) is 5.75 Å². The normalized spacial score (nSPS) is 10.3. The van der Waals surface area contributed by atoms with Crippen LogP contribution in [0.15, 0.2) is 42.1 Å². The van der Waals surface area contributed by atoms with Crippen LogP contribution in [0.25, 0.3) is 0 Å². The lowest BCUT2D eigenvalue weighted by molar-refractivity contribution is -0.137. The van der Waals surface area contributed by atoms with E-state index in [2.05, 4.69) is 21.5 Å². The average molecular weight is 354 g/mol. The number of ether oxygens (including phenoxy) is 2. The molecule has 8 heteroatoms. The Morgan fingerprint density at radius 3 is 2.91 bits per heavy atom. The summed E-state index contributed by atoms with van der Waals surface area (Å²) in [6.07, 6.45) is 1.73. The first-order chi connectivity index (χ1) is 11.2. The van der Waals surface area contributed by atoms with Gasteiger partial charge in [0.1, 0.15) is 12.4 Å². The molecule has 0 fully saturated rings. The van der Waals surface area contributed by atoms with E-state index in [1.165, 1.54) is 18.9 Å². The Morgan fingerprint density at radius 1 is 1.43 bits per heavy atom. The highest BCUT2D eigenvalue weighted by molar-refractivity contribution is 7.99. The summed E-state index contributed by atoms with van der Waals surface area (Å²) in [5.74, 6) is 1.04. The molecule has 2 rings (SSSR count). The van der Waals surface area contributed by atoms with Crippen LogP contribution < -0.4 is 4.74 Å². The predicted molar refractivity (Wildman–Crippen MR) is 88.7 cm³/mol. The molecule has 1 aromatic heterocycles. The average Bonchev–Trinajstić information content (AvgIpc) is 2.94. The van der Waals surface area contributed by atoms with Gasteiger partial charge in [0, 0.05) is 6.54 Å². The van der Waals surface area contributed by atoms with Crippen LogP contribution in [0, 0.1) is 0 Å². The maximum Gasteiger partial charge on any atom is 0.316 e. The van der Waals surface area contributed by atoms with Gasteiger partial charge in [-0.05, 0) is 12.1 Å². The van der Waals surface area contributed by atoms with E-state index in [9.17, 15) is 4.79 Å². The number of halogens is 1. The van der Waals surface area contributed by atoms with Crippen molar-refractivity contribution >= 4 is 29.3 Å². The monoisotopic (exact) mass is 353 g/mol. The molecule has 6 nitrogen and oxygen atoms in total. The minimum atomic E-state index is -0.322. The molecule has 0 bridgehead atoms. The highest BCUT2D eigenvalue weighted by Gasteiger charge is 2.14. The number of allylic oxidation sites excluding steroid dienone is 1. The molecule has 0 aliphatic heterocycles. The Balaban J connectivity index is 2.09. The summed E-state index contributed by atoms with van der Waals surface area (Å²) in [7, 11) is 1.35. The largest absolute Gasteiger partial charge is 0.484 e. The number of para-hydroxylation sites is 1. The first-order valence-corrected chi connectivity index (χ1v) is 8.12. The van der Waals surface area contributed by atoms with Crippen LogP contribution in [0.5, 0.6) is 5.75 Å². The summed E-state index contributed by atoms with van der Waals surface area (Å²) in [4.78, 5) is 11.2. The van der Waals surface area contributed by atoms with Crippen LogP contribution in [-0.4, -0.2) is 33.6 Å². The molecule has 0 saturated carbocycles. The number of rotatable bonds is 8. The fraction of sp³-hybridized carbons (Fsp3) is 0.267. The summed E-state index contributed by atoms with van der Waals surface area (Å²) in [5, 5.41) is 9.33. The van der Waals surface area contributed by atoms with Crippen LogP contribution in [0.4, 0.5) is 0 Å². The van der Waals surface area contributed by atoms with Gasteiger partial charge in [0.05, 0.1) is 17.9 Å². The van der Waals surface area contributed by atoms with Gasteiger partial charge in [0.2, 0.25) is 0 Å². The second-order valence-corrected chi connectivity index (χ2v) is 5.73. The Labute approximate surface area is 143 Å². The minimum Gasteiger partial charge on any atom is -0.484 e. The molecule has 1 aromatic carbocycles. The van der Waals surface area contributed by atoms with Gasteiger partial charge in [0.15, 0.2) is 11.0 Å². The molecule has 23 heavy (non-hydrogen) atoms. The number of esters is 1. The minimum absolute atomic E-state index is 0.164. The quantitative estimate of drug-likeness (QED) is 0.413. The Bertz CT molecular complexity index is 690. The van der Waals surface area contributed by atoms with Gasteiger partial charge in [-0.15, -0.1) is 16.8 Å². The van der Waals surface area contributed by atoms with E-state index < -0.39 is 0 Å². The predicted octanol–water partition coefficient (Wildman–Crippen LogP) is 2.96. The molecule has 0 unspecified atom stereocenters. The Kier molecular flexibility index (Phi) is 6.49. The van der Waals surface area contributed by atoms with Gasteiger partial charge < -0.3 is 9.47 Å². The number of thioether (sulfide) groups is 1. The fourth-order valence-corrected chi connectivity index (χ4v) is 2.72. The third kappa shape index (κ3) is 4.74. The molecule has 0 aliphatic rings. The molecule has 0 aliphatic carbocycles. The van der Waals surface area contributed by atoms with E-state index in [0.717, 1.165) is 0 Å². The highest BCUT2D eigenvalue weighted by atomic mass is 35.5. The molecule has 0 saturated heterocycles. The molecular formula is C15H16ClN3O3S. The lowest BCUT2D eigenvalue weighted by Gasteiger charge is -2.09. The summed E-state index contributed by atoms with van der Waals surface area (Å²) >= 11 is 7.31. The number of hydrogen-bond acceptors (Lipinski definition) is 6. The van der Waals surface area contributed by atoms with E-state index in [1.807, 2.05) is 16.7 Å². The zero-order valence-corrected chi connectivity index (χ0v) is 14.1. The number of hydrogen-bond donors (Lipinski definition) is 0. The Morgan fingerprint density at radius 2 is 2.22 bits per heavy atom. The van der Waals surface area contributed by atoms with Gasteiger partial charge in [-0.2, -0.15) is 0 Å². The summed E-state index contributed by atoms with van der Waals surface area (Å²) in [5.41, 5.74) is 0. The first-order valence-electron chi connectivity index (χ1n) is 6.75. The number of carbonyl (C=O) groups excluding carboxylic acids is 1. The molecule has 2 aromatic rings. The van der Waals surface area contributed by atoms with Gasteiger partial charge in [0.25, 0.3) is 0 Å². The molecule has 0 amide bonds. The molecule has 122 valence electrons. The number of nitrogens with zero attached hydrogens (tertiary/aromatic N) is 3. The van der Waals surface area contributed by atoms with Crippen LogP contribution in [0.2, 0.25) is 5.02 Å². The second kappa shape index (κ2) is 8.59. The van der Waals surface area contributed by atoms with Gasteiger partial charge in [-0.25, -0.2) is 0 Å². The van der Waals surface area contributed by atoms with Crippen molar-refractivity contribution in [1.82, 2.24) is 14.8 Å². The maximum atomic E-state index is 11.2. The van der Waals surface area contributed by atoms with E-state index in [-0.39, 0.29) is 18.3 Å². The zero-order valence-electron chi connectivity index (χ0n) is 12.6. The van der Waals surface area contributed by atoms with Crippen LogP contribution in [-0.2, 0) is 22.7 Å². The number of carbonyl (C=O) groups is 1. The first kappa shape index (κ1) is 17.4. The molecule has 0 spiro atoms. The van der Waals surface area contributed by atoms with Crippen LogP contribution in [0.3, 0.4) is 0 Å². The third-order valence-corrected chi connectivity index (χ3v) is 4.10. The lowest BCUT2D eigenvalue weighted by Crippen LogP contribution is -2.09. The standard InChI is InChI=1S/C15H16ClN3O3S/c1-3-8-19-13(9-22-12-7-5-4-6-11(12)16)17-18-15(19)23-10-14(20)21-2/h3-7H,1,8-10H2,2H3. The van der Waals surface area contributed by atoms with Crippen molar-refractivity contribution in [2.24, 2.45) is 0 Å². The van der Waals surface area contributed by atoms with Crippen molar-refractivity contribution in [3.05, 3.63) is 47.8 Å². The fourth-order valence-electron chi connectivity index (χ4n) is 1.73. The number of aromatic nitrogens is 3. The van der Waals surface area contributed by atoms with E-state index in [1.54, 1.807) is 18.2 Å². The second-order valence-electron chi connectivity index (χ2n) is 4.38. The molecule has 0 radical (unpaired) electrons. The van der Waals surface area contributed by atoms with Crippen LogP contribution in [0.1, 0.15) is 5.82 Å². The third-order valence-electron chi connectivity index (χ3n) is 2.85. The smallest absolute Gasteiger partial charge is 0.316 e. The Hall–Kier alpha value is -1.99. The summed E-state index contributed by atoms with van der Waals surface area (Å²) in [6, 6.07) is 7.21. The molecular weight excluding hydrogens is 338 g/mol. The zero-order chi connectivity index (χ0) is 16.7. The van der Waals surface area contributed by atoms with Gasteiger partial charge >= 0.3 is 5.97 Å². The highest BCUT2D eigenvalue weighted by Crippen LogP contribution is 2.24. The van der Waals surface area contributed by atoms with E-state index in [0.29, 0.717) is 28.3 Å². The van der Waals surface area contributed by atoms with Crippen molar-refractivity contribution in [3.63, 3.8) is 0 Å². The van der Waals surface area contributed by atoms with Crippen molar-refractivity contribution in [1.29, 1.82) is 0 Å². The van der Waals surface area contributed by atoms with Crippen molar-refractivity contribution in [2.45, 2.75) is 18.3 Å². The van der Waals surface area contributed by atoms with Crippen molar-refractivity contribution < 1.29 is 14.3 Å². The van der Waals surface area contributed by atoms with E-state index in [4.69, 9.17) is 16.3 Å². The molecule has 0 N–H and O–H groups in total. The molecule has 0 atom stereocenters. The van der Waals surface area contributed by atoms with Gasteiger partial charge in [-0.3, -0.25) is 9.36 Å². The van der Waals surface area contributed by atoms with Crippen LogP contribution >= 0.6 is 23.4 Å². The number of benzene rings is 1.